The molecular weight excluding hydrogens is 695 g/mol. The van der Waals surface area contributed by atoms with Crippen LogP contribution in [0, 0.1) is 0 Å². The number of carbonyl (C=O) groups is 2. The Labute approximate surface area is 349 Å². The maximum atomic E-state index is 12.4. The normalized spacial score (nSPS) is 12.7. The molecule has 0 fully saturated rings. The highest BCUT2D eigenvalue weighted by molar-refractivity contribution is 5.76. The lowest BCUT2D eigenvalue weighted by atomic mass is 10.0. The van der Waals surface area contributed by atoms with Crippen molar-refractivity contribution in [3.63, 3.8) is 0 Å². The fraction of sp³-hybridized carbons (Fsp3) is 0.920. The summed E-state index contributed by atoms with van der Waals surface area (Å²) in [6, 6.07) is -0.637. The van der Waals surface area contributed by atoms with Crippen molar-refractivity contribution < 1.29 is 24.5 Å². The Bertz CT molecular complexity index is 832. The number of esters is 1. The average Bonchev–Trinajstić information content (AvgIpc) is 3.20. The summed E-state index contributed by atoms with van der Waals surface area (Å²) in [6.07, 6.45) is 52.0. The molecule has 0 aliphatic heterocycles. The molecule has 2 atom stereocenters. The number of hydrogen-bond acceptors (Lipinski definition) is 5. The van der Waals surface area contributed by atoms with Crippen molar-refractivity contribution in [1.29, 1.82) is 0 Å². The first-order chi connectivity index (χ1) is 27.5. The standard InChI is InChI=1S/C50H97NO5/c1-3-5-7-9-11-13-15-17-18-19-22-26-30-34-38-42-48(53)47(46-52)51-49(54)43-39-35-31-27-23-20-21-25-29-33-37-41-45-56-50(55)44-40-36-32-28-24-16-14-12-10-8-6-4-2/h38,42,47-48,52-53H,3-37,39-41,43-46H2,1-2H3,(H,51,54)/b42-38+. The Hall–Kier alpha value is -1.40. The van der Waals surface area contributed by atoms with Crippen molar-refractivity contribution in [3.8, 4) is 0 Å². The van der Waals surface area contributed by atoms with Gasteiger partial charge in [0.05, 0.1) is 25.4 Å². The van der Waals surface area contributed by atoms with Gasteiger partial charge >= 0.3 is 5.97 Å². The fourth-order valence-electron chi connectivity index (χ4n) is 7.69. The SMILES string of the molecule is CCCCCCCCCCCCCCC/C=C/C(O)C(CO)NC(=O)CCCCCCCCCCCCCCOC(=O)CCCCCCCCCCCCCC. The molecule has 0 rings (SSSR count). The topological polar surface area (TPSA) is 95.9 Å². The zero-order chi connectivity index (χ0) is 40.8. The van der Waals surface area contributed by atoms with E-state index < -0.39 is 12.1 Å². The van der Waals surface area contributed by atoms with Crippen LogP contribution in [0.5, 0.6) is 0 Å². The smallest absolute Gasteiger partial charge is 0.305 e. The third-order valence-electron chi connectivity index (χ3n) is 11.6. The second kappa shape index (κ2) is 46.3. The number of aliphatic hydroxyl groups is 2. The summed E-state index contributed by atoms with van der Waals surface area (Å²) in [5.74, 6) is -0.0926. The molecule has 0 radical (unpaired) electrons. The molecule has 0 spiro atoms. The van der Waals surface area contributed by atoms with E-state index in [1.807, 2.05) is 6.08 Å². The predicted octanol–water partition coefficient (Wildman–Crippen LogP) is 14.6. The van der Waals surface area contributed by atoms with E-state index in [9.17, 15) is 19.8 Å². The van der Waals surface area contributed by atoms with E-state index in [0.717, 1.165) is 57.8 Å². The van der Waals surface area contributed by atoms with E-state index in [4.69, 9.17) is 4.74 Å². The molecule has 2 unspecified atom stereocenters. The highest BCUT2D eigenvalue weighted by atomic mass is 16.5. The van der Waals surface area contributed by atoms with Crippen molar-refractivity contribution in [1.82, 2.24) is 5.32 Å². The zero-order valence-corrected chi connectivity index (χ0v) is 37.6. The highest BCUT2D eigenvalue weighted by Crippen LogP contribution is 2.16. The minimum atomic E-state index is -0.853. The molecule has 0 saturated carbocycles. The van der Waals surface area contributed by atoms with Crippen LogP contribution >= 0.6 is 0 Å². The summed E-state index contributed by atoms with van der Waals surface area (Å²) < 4.78 is 5.45. The fourth-order valence-corrected chi connectivity index (χ4v) is 7.69. The third kappa shape index (κ3) is 42.2. The molecule has 56 heavy (non-hydrogen) atoms. The number of carbonyl (C=O) groups excluding carboxylic acids is 2. The van der Waals surface area contributed by atoms with Gasteiger partial charge in [-0.2, -0.15) is 0 Å². The molecule has 0 aliphatic carbocycles. The third-order valence-corrected chi connectivity index (χ3v) is 11.6. The molecule has 332 valence electrons. The van der Waals surface area contributed by atoms with E-state index in [1.165, 1.54) is 186 Å². The quantitative estimate of drug-likeness (QED) is 0.0324. The van der Waals surface area contributed by atoms with E-state index in [1.54, 1.807) is 6.08 Å². The Morgan fingerprint density at radius 3 is 1.21 bits per heavy atom. The maximum Gasteiger partial charge on any atom is 0.305 e. The molecular formula is C50H97NO5. The number of nitrogens with one attached hydrogen (secondary N) is 1. The average molecular weight is 792 g/mol. The number of aliphatic hydroxyl groups excluding tert-OH is 2. The first-order valence-corrected chi connectivity index (χ1v) is 25.0. The lowest BCUT2D eigenvalue weighted by Gasteiger charge is -2.20. The number of rotatable bonds is 46. The molecule has 0 aromatic heterocycles. The molecule has 0 heterocycles. The van der Waals surface area contributed by atoms with Gasteiger partial charge in [0.25, 0.3) is 0 Å². The van der Waals surface area contributed by atoms with E-state index in [-0.39, 0.29) is 18.5 Å². The maximum absolute atomic E-state index is 12.4. The molecule has 6 nitrogen and oxygen atoms in total. The van der Waals surface area contributed by atoms with Gasteiger partial charge in [0.2, 0.25) is 5.91 Å². The predicted molar refractivity (Wildman–Crippen MR) is 241 cm³/mol. The minimum absolute atomic E-state index is 0.0101. The van der Waals surface area contributed by atoms with Crippen LogP contribution in [0.4, 0.5) is 0 Å². The Kier molecular flexibility index (Phi) is 45.1. The lowest BCUT2D eigenvalue weighted by Crippen LogP contribution is -2.45. The van der Waals surface area contributed by atoms with Crippen LogP contribution in [-0.4, -0.2) is 47.4 Å². The highest BCUT2D eigenvalue weighted by Gasteiger charge is 2.18. The van der Waals surface area contributed by atoms with Crippen molar-refractivity contribution in [2.45, 2.75) is 283 Å². The zero-order valence-electron chi connectivity index (χ0n) is 37.6. The molecule has 0 aliphatic rings. The summed E-state index contributed by atoms with van der Waals surface area (Å²) in [7, 11) is 0. The van der Waals surface area contributed by atoms with Crippen LogP contribution in [0.15, 0.2) is 12.2 Å². The molecule has 0 aromatic carbocycles. The van der Waals surface area contributed by atoms with E-state index >= 15 is 0 Å². The van der Waals surface area contributed by atoms with E-state index in [0.29, 0.717) is 19.4 Å². The summed E-state index contributed by atoms with van der Waals surface area (Å²) in [5, 5.41) is 23.0. The molecule has 1 amide bonds. The van der Waals surface area contributed by atoms with Crippen molar-refractivity contribution >= 4 is 11.9 Å². The number of allylic oxidation sites excluding steroid dienone is 1. The van der Waals surface area contributed by atoms with Crippen LogP contribution in [0.2, 0.25) is 0 Å². The van der Waals surface area contributed by atoms with Gasteiger partial charge in [-0.1, -0.05) is 238 Å². The summed E-state index contributed by atoms with van der Waals surface area (Å²) >= 11 is 0. The van der Waals surface area contributed by atoms with Crippen molar-refractivity contribution in [2.24, 2.45) is 0 Å². The number of unbranched alkanes of at least 4 members (excludes halogenated alkanes) is 35. The Balaban J connectivity index is 3.50. The number of ether oxygens (including phenoxy) is 1. The van der Waals surface area contributed by atoms with Gasteiger partial charge < -0.3 is 20.3 Å². The van der Waals surface area contributed by atoms with Gasteiger partial charge in [-0.25, -0.2) is 0 Å². The monoisotopic (exact) mass is 792 g/mol. The summed E-state index contributed by atoms with van der Waals surface area (Å²) in [4.78, 5) is 24.4. The minimum Gasteiger partial charge on any atom is -0.466 e. The second-order valence-electron chi connectivity index (χ2n) is 17.2. The van der Waals surface area contributed by atoms with Gasteiger partial charge in [-0.15, -0.1) is 0 Å². The Morgan fingerprint density at radius 1 is 0.482 bits per heavy atom. The largest absolute Gasteiger partial charge is 0.466 e. The van der Waals surface area contributed by atoms with Crippen LogP contribution in [0.3, 0.4) is 0 Å². The Morgan fingerprint density at radius 2 is 0.821 bits per heavy atom. The van der Waals surface area contributed by atoms with Crippen LogP contribution in [-0.2, 0) is 14.3 Å². The van der Waals surface area contributed by atoms with Gasteiger partial charge in [-0.05, 0) is 32.1 Å². The van der Waals surface area contributed by atoms with Crippen LogP contribution < -0.4 is 5.32 Å². The van der Waals surface area contributed by atoms with Gasteiger partial charge in [0, 0.05) is 12.8 Å². The lowest BCUT2D eigenvalue weighted by molar-refractivity contribution is -0.143. The molecule has 3 N–H and O–H groups in total. The van der Waals surface area contributed by atoms with E-state index in [2.05, 4.69) is 19.2 Å². The molecule has 0 bridgehead atoms. The molecule has 0 saturated heterocycles. The van der Waals surface area contributed by atoms with Crippen LogP contribution in [0.25, 0.3) is 0 Å². The number of hydrogen-bond donors (Lipinski definition) is 3. The van der Waals surface area contributed by atoms with Gasteiger partial charge in [0.1, 0.15) is 0 Å². The first-order valence-electron chi connectivity index (χ1n) is 25.0. The van der Waals surface area contributed by atoms with Gasteiger partial charge in [-0.3, -0.25) is 9.59 Å². The number of amides is 1. The van der Waals surface area contributed by atoms with Crippen molar-refractivity contribution in [3.05, 3.63) is 12.2 Å². The van der Waals surface area contributed by atoms with Crippen LogP contribution in [0.1, 0.15) is 271 Å². The first kappa shape index (κ1) is 54.6. The van der Waals surface area contributed by atoms with Crippen molar-refractivity contribution in [2.75, 3.05) is 13.2 Å². The summed E-state index contributed by atoms with van der Waals surface area (Å²) in [6.45, 7) is 4.87. The van der Waals surface area contributed by atoms with Gasteiger partial charge in [0.15, 0.2) is 0 Å². The molecule has 6 heteroatoms. The second-order valence-corrected chi connectivity index (χ2v) is 17.2. The summed E-state index contributed by atoms with van der Waals surface area (Å²) in [5.41, 5.74) is 0. The molecule has 0 aromatic rings.